The molecule has 0 unspecified atom stereocenters. The molecule has 0 atom stereocenters. The van der Waals surface area contributed by atoms with Gasteiger partial charge in [0.15, 0.2) is 0 Å². The number of esters is 1. The van der Waals surface area contributed by atoms with E-state index in [0.29, 0.717) is 10.2 Å². The van der Waals surface area contributed by atoms with Crippen LogP contribution in [0.1, 0.15) is 19.4 Å². The number of rotatable bonds is 4. The van der Waals surface area contributed by atoms with Crippen LogP contribution in [0.5, 0.6) is 0 Å². The van der Waals surface area contributed by atoms with E-state index in [-0.39, 0.29) is 24.4 Å². The molecule has 17 heavy (non-hydrogen) atoms. The normalized spacial score (nSPS) is 10.5. The van der Waals surface area contributed by atoms with Crippen LogP contribution in [0.4, 0.5) is 10.1 Å². The summed E-state index contributed by atoms with van der Waals surface area (Å²) in [5.41, 5.74) is 1.45. The summed E-state index contributed by atoms with van der Waals surface area (Å²) in [6, 6.07) is 3.01. The number of ether oxygens (including phenoxy) is 1. The molecule has 0 aliphatic carbocycles. The summed E-state index contributed by atoms with van der Waals surface area (Å²) in [5, 5.41) is 2.91. The van der Waals surface area contributed by atoms with Crippen molar-refractivity contribution >= 4 is 27.6 Å². The third kappa shape index (κ3) is 4.34. The predicted molar refractivity (Wildman–Crippen MR) is 68.6 cm³/mol. The van der Waals surface area contributed by atoms with E-state index in [1.807, 2.05) is 0 Å². The number of hydrogen-bond acceptors (Lipinski definition) is 3. The van der Waals surface area contributed by atoms with Gasteiger partial charge in [0.05, 0.1) is 10.6 Å². The maximum Gasteiger partial charge on any atom is 0.325 e. The van der Waals surface area contributed by atoms with Gasteiger partial charge in [-0.15, -0.1) is 0 Å². The van der Waals surface area contributed by atoms with Crippen LogP contribution in [0.3, 0.4) is 0 Å². The van der Waals surface area contributed by atoms with Gasteiger partial charge in [-0.3, -0.25) is 4.79 Å². The Bertz CT molecular complexity index is 421. The van der Waals surface area contributed by atoms with Crippen molar-refractivity contribution in [2.24, 2.45) is 0 Å². The Kier molecular flexibility index (Phi) is 4.93. The number of aryl methyl sites for hydroxylation is 1. The number of halogens is 2. The smallest absolute Gasteiger partial charge is 0.325 e. The van der Waals surface area contributed by atoms with Gasteiger partial charge in [0.1, 0.15) is 12.4 Å². The molecule has 0 heterocycles. The minimum atomic E-state index is -0.333. The molecule has 0 spiro atoms. The van der Waals surface area contributed by atoms with Crippen LogP contribution in [0.15, 0.2) is 16.6 Å². The minimum Gasteiger partial charge on any atom is -0.462 e. The fourth-order valence-corrected chi connectivity index (χ4v) is 1.65. The Morgan fingerprint density at radius 1 is 1.53 bits per heavy atom. The number of benzene rings is 1. The van der Waals surface area contributed by atoms with E-state index in [4.69, 9.17) is 4.74 Å². The maximum atomic E-state index is 13.2. The number of carbonyl (C=O) groups excluding carboxylic acids is 1. The van der Waals surface area contributed by atoms with E-state index in [1.165, 1.54) is 6.07 Å². The summed E-state index contributed by atoms with van der Waals surface area (Å²) in [4.78, 5) is 11.3. The fraction of sp³-hybridized carbons (Fsp3) is 0.417. The highest BCUT2D eigenvalue weighted by Crippen LogP contribution is 2.23. The SMILES string of the molecule is Cc1cc(F)c(Br)cc1NCC(=O)OC(C)C. The predicted octanol–water partition coefficient (Wildman–Crippen LogP) is 3.26. The second kappa shape index (κ2) is 6.00. The molecule has 5 heteroatoms. The van der Waals surface area contributed by atoms with Crippen molar-refractivity contribution in [1.29, 1.82) is 0 Å². The maximum absolute atomic E-state index is 13.2. The first-order chi connectivity index (χ1) is 7.90. The zero-order valence-electron chi connectivity index (χ0n) is 10.0. The highest BCUT2D eigenvalue weighted by Gasteiger charge is 2.08. The van der Waals surface area contributed by atoms with Gasteiger partial charge in [-0.1, -0.05) is 0 Å². The number of anilines is 1. The number of carbonyl (C=O) groups is 1. The van der Waals surface area contributed by atoms with Gasteiger partial charge in [0, 0.05) is 5.69 Å². The molecule has 0 saturated carbocycles. The Balaban J connectivity index is 2.63. The van der Waals surface area contributed by atoms with Crippen molar-refractivity contribution < 1.29 is 13.9 Å². The zero-order valence-corrected chi connectivity index (χ0v) is 11.6. The van der Waals surface area contributed by atoms with Crippen molar-refractivity contribution in [3.63, 3.8) is 0 Å². The van der Waals surface area contributed by atoms with Crippen molar-refractivity contribution in [2.45, 2.75) is 26.9 Å². The summed E-state index contributed by atoms with van der Waals surface area (Å²) in [6.45, 7) is 5.41. The molecule has 1 N–H and O–H groups in total. The molecular weight excluding hydrogens is 289 g/mol. The topological polar surface area (TPSA) is 38.3 Å². The largest absolute Gasteiger partial charge is 0.462 e. The van der Waals surface area contributed by atoms with E-state index < -0.39 is 0 Å². The van der Waals surface area contributed by atoms with E-state index >= 15 is 0 Å². The molecule has 0 aliphatic heterocycles. The first kappa shape index (κ1) is 14.0. The summed E-state index contributed by atoms with van der Waals surface area (Å²) in [7, 11) is 0. The van der Waals surface area contributed by atoms with Gasteiger partial charge >= 0.3 is 5.97 Å². The van der Waals surface area contributed by atoms with Crippen LogP contribution in [0, 0.1) is 12.7 Å². The third-order valence-corrected chi connectivity index (χ3v) is 2.67. The molecule has 0 fully saturated rings. The summed E-state index contributed by atoms with van der Waals surface area (Å²) < 4.78 is 18.5. The van der Waals surface area contributed by atoms with Crippen LogP contribution in [-0.2, 0) is 9.53 Å². The average Bonchev–Trinajstić information content (AvgIpc) is 2.20. The monoisotopic (exact) mass is 303 g/mol. The van der Waals surface area contributed by atoms with Gasteiger partial charge in [-0.2, -0.15) is 0 Å². The van der Waals surface area contributed by atoms with E-state index in [9.17, 15) is 9.18 Å². The lowest BCUT2D eigenvalue weighted by molar-refractivity contribution is -0.145. The Labute approximate surface area is 108 Å². The standard InChI is InChI=1S/C12H15BrFNO2/c1-7(2)17-12(16)6-15-11-5-9(13)10(14)4-8(11)3/h4-5,7,15H,6H2,1-3H3. The number of hydrogen-bond donors (Lipinski definition) is 1. The van der Waals surface area contributed by atoms with Crippen LogP contribution in [0.25, 0.3) is 0 Å². The lowest BCUT2D eigenvalue weighted by atomic mass is 10.2. The average molecular weight is 304 g/mol. The second-order valence-corrected chi connectivity index (χ2v) is 4.83. The molecular formula is C12H15BrFNO2. The molecule has 0 aliphatic rings. The van der Waals surface area contributed by atoms with E-state index in [1.54, 1.807) is 26.8 Å². The van der Waals surface area contributed by atoms with Gasteiger partial charge in [0.2, 0.25) is 0 Å². The lowest BCUT2D eigenvalue weighted by Crippen LogP contribution is -2.20. The van der Waals surface area contributed by atoms with Crippen molar-refractivity contribution in [3.05, 3.63) is 28.0 Å². The van der Waals surface area contributed by atoms with E-state index in [0.717, 1.165) is 5.56 Å². The van der Waals surface area contributed by atoms with Crippen LogP contribution in [-0.4, -0.2) is 18.6 Å². The highest BCUT2D eigenvalue weighted by atomic mass is 79.9. The van der Waals surface area contributed by atoms with Gasteiger partial charge in [0.25, 0.3) is 0 Å². The first-order valence-corrected chi connectivity index (χ1v) is 6.08. The molecule has 0 amide bonds. The Morgan fingerprint density at radius 2 is 2.18 bits per heavy atom. The Morgan fingerprint density at radius 3 is 2.76 bits per heavy atom. The third-order valence-electron chi connectivity index (χ3n) is 2.06. The van der Waals surface area contributed by atoms with Crippen LogP contribution >= 0.6 is 15.9 Å². The minimum absolute atomic E-state index is 0.0666. The molecule has 0 radical (unpaired) electrons. The lowest BCUT2D eigenvalue weighted by Gasteiger charge is -2.12. The first-order valence-electron chi connectivity index (χ1n) is 5.29. The molecule has 1 aromatic rings. The van der Waals surface area contributed by atoms with Crippen molar-refractivity contribution in [2.75, 3.05) is 11.9 Å². The fourth-order valence-electron chi connectivity index (χ4n) is 1.31. The summed E-state index contributed by atoms with van der Waals surface area (Å²) in [6.07, 6.45) is -0.134. The zero-order chi connectivity index (χ0) is 13.0. The summed E-state index contributed by atoms with van der Waals surface area (Å²) in [5.74, 6) is -0.655. The molecule has 1 aromatic carbocycles. The quantitative estimate of drug-likeness (QED) is 0.868. The highest BCUT2D eigenvalue weighted by molar-refractivity contribution is 9.10. The molecule has 94 valence electrons. The van der Waals surface area contributed by atoms with Crippen molar-refractivity contribution in [3.8, 4) is 0 Å². The molecule has 0 bridgehead atoms. The molecule has 0 aromatic heterocycles. The van der Waals surface area contributed by atoms with Gasteiger partial charge < -0.3 is 10.1 Å². The van der Waals surface area contributed by atoms with Gasteiger partial charge in [-0.25, -0.2) is 4.39 Å². The number of nitrogens with one attached hydrogen (secondary N) is 1. The summed E-state index contributed by atoms with van der Waals surface area (Å²) >= 11 is 3.10. The van der Waals surface area contributed by atoms with Crippen LogP contribution < -0.4 is 5.32 Å². The Hall–Kier alpha value is -1.10. The molecule has 0 saturated heterocycles. The van der Waals surface area contributed by atoms with Crippen LogP contribution in [0.2, 0.25) is 0 Å². The molecule has 1 rings (SSSR count). The molecule has 3 nitrogen and oxygen atoms in total. The van der Waals surface area contributed by atoms with Gasteiger partial charge in [-0.05, 0) is 54.4 Å². The van der Waals surface area contributed by atoms with E-state index in [2.05, 4.69) is 21.2 Å². The second-order valence-electron chi connectivity index (χ2n) is 3.97. The van der Waals surface area contributed by atoms with Crippen molar-refractivity contribution in [1.82, 2.24) is 0 Å².